The van der Waals surface area contributed by atoms with Crippen LogP contribution in [0.15, 0.2) is 47.5 Å². The molecule has 0 radical (unpaired) electrons. The quantitative estimate of drug-likeness (QED) is 0.602. The molecule has 0 saturated carbocycles. The molecule has 2 nitrogen and oxygen atoms in total. The summed E-state index contributed by atoms with van der Waals surface area (Å²) < 4.78 is 5.49. The molecule has 0 saturated heterocycles. The molecule has 0 aliphatic heterocycles. The SMILES string of the molecule is C#CCOc1ccccc1C=Nc1ccc(C)c(C)c1. The van der Waals surface area contributed by atoms with Crippen molar-refractivity contribution < 1.29 is 4.74 Å². The number of aryl methyl sites for hydroxylation is 2. The van der Waals surface area contributed by atoms with Gasteiger partial charge in [-0.25, -0.2) is 0 Å². The van der Waals surface area contributed by atoms with E-state index in [-0.39, 0.29) is 6.61 Å². The van der Waals surface area contributed by atoms with Gasteiger partial charge in [-0.3, -0.25) is 4.99 Å². The number of benzene rings is 2. The van der Waals surface area contributed by atoms with Crippen LogP contribution in [0.25, 0.3) is 0 Å². The van der Waals surface area contributed by atoms with Gasteiger partial charge in [-0.15, -0.1) is 6.42 Å². The van der Waals surface area contributed by atoms with Gasteiger partial charge in [0.15, 0.2) is 0 Å². The molecular weight excluding hydrogens is 246 g/mol. The Labute approximate surface area is 120 Å². The van der Waals surface area contributed by atoms with Crippen LogP contribution in [0.5, 0.6) is 5.75 Å². The number of nitrogens with zero attached hydrogens (tertiary/aromatic N) is 1. The van der Waals surface area contributed by atoms with Crippen LogP contribution in [-0.2, 0) is 0 Å². The van der Waals surface area contributed by atoms with E-state index >= 15 is 0 Å². The Kier molecular flexibility index (Phi) is 4.57. The largest absolute Gasteiger partial charge is 0.480 e. The Balaban J connectivity index is 2.22. The maximum Gasteiger partial charge on any atom is 0.148 e. The van der Waals surface area contributed by atoms with E-state index in [2.05, 4.69) is 36.9 Å². The summed E-state index contributed by atoms with van der Waals surface area (Å²) in [5.41, 5.74) is 4.35. The zero-order valence-electron chi connectivity index (χ0n) is 11.8. The van der Waals surface area contributed by atoms with Crippen LogP contribution in [0.1, 0.15) is 16.7 Å². The number of hydrogen-bond acceptors (Lipinski definition) is 2. The second-order valence-corrected chi connectivity index (χ2v) is 4.56. The van der Waals surface area contributed by atoms with Crippen molar-refractivity contribution >= 4 is 11.9 Å². The van der Waals surface area contributed by atoms with Crippen molar-refractivity contribution in [1.29, 1.82) is 0 Å². The minimum Gasteiger partial charge on any atom is -0.480 e. The third-order valence-electron chi connectivity index (χ3n) is 3.07. The van der Waals surface area contributed by atoms with Crippen molar-refractivity contribution in [3.8, 4) is 18.1 Å². The van der Waals surface area contributed by atoms with Gasteiger partial charge in [0.2, 0.25) is 0 Å². The highest BCUT2D eigenvalue weighted by Gasteiger charge is 2.00. The fourth-order valence-electron chi connectivity index (χ4n) is 1.79. The van der Waals surface area contributed by atoms with Gasteiger partial charge in [0, 0.05) is 11.8 Å². The van der Waals surface area contributed by atoms with Crippen molar-refractivity contribution in [3.05, 3.63) is 59.2 Å². The van der Waals surface area contributed by atoms with Crippen LogP contribution in [0.3, 0.4) is 0 Å². The van der Waals surface area contributed by atoms with Gasteiger partial charge in [-0.2, -0.15) is 0 Å². The van der Waals surface area contributed by atoms with Gasteiger partial charge in [0.05, 0.1) is 5.69 Å². The van der Waals surface area contributed by atoms with E-state index in [1.807, 2.05) is 30.3 Å². The normalized spacial score (nSPS) is 10.4. The molecule has 2 rings (SSSR count). The molecule has 100 valence electrons. The lowest BCUT2D eigenvalue weighted by molar-refractivity contribution is 0.370. The van der Waals surface area contributed by atoms with Crippen molar-refractivity contribution in [2.24, 2.45) is 4.99 Å². The highest BCUT2D eigenvalue weighted by molar-refractivity contribution is 5.85. The zero-order chi connectivity index (χ0) is 14.4. The summed E-state index contributed by atoms with van der Waals surface area (Å²) in [5, 5.41) is 0. The van der Waals surface area contributed by atoms with Crippen LogP contribution >= 0.6 is 0 Å². The fraction of sp³-hybridized carbons (Fsp3) is 0.167. The molecule has 2 aromatic carbocycles. The van der Waals surface area contributed by atoms with Gasteiger partial charge >= 0.3 is 0 Å². The smallest absolute Gasteiger partial charge is 0.148 e. The summed E-state index contributed by atoms with van der Waals surface area (Å²) in [6.07, 6.45) is 7.02. The zero-order valence-corrected chi connectivity index (χ0v) is 11.8. The van der Waals surface area contributed by atoms with Gasteiger partial charge in [-0.05, 0) is 49.2 Å². The molecule has 0 N–H and O–H groups in total. The maximum atomic E-state index is 5.49. The van der Waals surface area contributed by atoms with Crippen LogP contribution in [0.2, 0.25) is 0 Å². The van der Waals surface area contributed by atoms with Crippen LogP contribution < -0.4 is 4.74 Å². The summed E-state index contributed by atoms with van der Waals surface area (Å²) in [6, 6.07) is 13.8. The predicted molar refractivity (Wildman–Crippen MR) is 83.9 cm³/mol. The minimum absolute atomic E-state index is 0.258. The molecular formula is C18H17NO. The Morgan fingerprint density at radius 1 is 1.15 bits per heavy atom. The average molecular weight is 263 g/mol. The molecule has 0 aromatic heterocycles. The van der Waals surface area contributed by atoms with Crippen LogP contribution in [0.4, 0.5) is 5.69 Å². The minimum atomic E-state index is 0.258. The third-order valence-corrected chi connectivity index (χ3v) is 3.07. The van der Waals surface area contributed by atoms with Gasteiger partial charge in [0.25, 0.3) is 0 Å². The second kappa shape index (κ2) is 6.58. The molecule has 0 aliphatic carbocycles. The molecule has 2 aromatic rings. The molecule has 0 heterocycles. The number of hydrogen-bond donors (Lipinski definition) is 0. The lowest BCUT2D eigenvalue weighted by Gasteiger charge is -2.05. The van der Waals surface area contributed by atoms with Crippen LogP contribution in [-0.4, -0.2) is 12.8 Å². The first-order chi connectivity index (χ1) is 9.70. The lowest BCUT2D eigenvalue weighted by atomic mass is 10.1. The van der Waals surface area contributed by atoms with E-state index in [1.54, 1.807) is 6.21 Å². The number of aliphatic imine (C=N–C) groups is 1. The number of para-hydroxylation sites is 1. The monoisotopic (exact) mass is 263 g/mol. The fourth-order valence-corrected chi connectivity index (χ4v) is 1.79. The standard InChI is InChI=1S/C18H17NO/c1-4-11-20-18-8-6-5-7-16(18)13-19-17-10-9-14(2)15(3)12-17/h1,5-10,12-13H,11H2,2-3H3. The Morgan fingerprint density at radius 3 is 2.70 bits per heavy atom. The maximum absolute atomic E-state index is 5.49. The van der Waals surface area contributed by atoms with Gasteiger partial charge in [-0.1, -0.05) is 24.1 Å². The average Bonchev–Trinajstić information content (AvgIpc) is 2.47. The molecule has 0 aliphatic rings. The van der Waals surface area contributed by atoms with E-state index < -0.39 is 0 Å². The third kappa shape index (κ3) is 3.49. The Bertz CT molecular complexity index is 665. The van der Waals surface area contributed by atoms with E-state index in [0.717, 1.165) is 17.0 Å². The van der Waals surface area contributed by atoms with Gasteiger partial charge < -0.3 is 4.74 Å². The molecule has 0 fully saturated rings. The van der Waals surface area contributed by atoms with E-state index in [4.69, 9.17) is 11.2 Å². The number of ether oxygens (including phenoxy) is 1. The van der Waals surface area contributed by atoms with Gasteiger partial charge in [0.1, 0.15) is 12.4 Å². The van der Waals surface area contributed by atoms with Crippen LogP contribution in [0, 0.1) is 26.2 Å². The molecule has 0 amide bonds. The van der Waals surface area contributed by atoms with E-state index in [0.29, 0.717) is 0 Å². The first-order valence-corrected chi connectivity index (χ1v) is 6.47. The lowest BCUT2D eigenvalue weighted by Crippen LogP contribution is -1.96. The van der Waals surface area contributed by atoms with Crippen molar-refractivity contribution in [1.82, 2.24) is 0 Å². The summed E-state index contributed by atoms with van der Waals surface area (Å²) >= 11 is 0. The van der Waals surface area contributed by atoms with Crippen molar-refractivity contribution in [2.75, 3.05) is 6.61 Å². The molecule has 0 bridgehead atoms. The first kappa shape index (κ1) is 13.9. The number of rotatable bonds is 4. The summed E-state index contributed by atoms with van der Waals surface area (Å²) in [6.45, 7) is 4.43. The second-order valence-electron chi connectivity index (χ2n) is 4.56. The topological polar surface area (TPSA) is 21.6 Å². The van der Waals surface area contributed by atoms with Crippen molar-refractivity contribution in [2.45, 2.75) is 13.8 Å². The summed E-state index contributed by atoms with van der Waals surface area (Å²) in [4.78, 5) is 4.49. The molecule has 0 atom stereocenters. The predicted octanol–water partition coefficient (Wildman–Crippen LogP) is 4.07. The Morgan fingerprint density at radius 2 is 1.95 bits per heavy atom. The molecule has 2 heteroatoms. The highest BCUT2D eigenvalue weighted by atomic mass is 16.5. The van der Waals surface area contributed by atoms with Crippen molar-refractivity contribution in [3.63, 3.8) is 0 Å². The van der Waals surface area contributed by atoms with E-state index in [1.165, 1.54) is 11.1 Å². The van der Waals surface area contributed by atoms with E-state index in [9.17, 15) is 0 Å². The first-order valence-electron chi connectivity index (χ1n) is 6.47. The Hall–Kier alpha value is -2.53. The highest BCUT2D eigenvalue weighted by Crippen LogP contribution is 2.20. The number of terminal acetylenes is 1. The molecule has 20 heavy (non-hydrogen) atoms. The summed E-state index contributed by atoms with van der Waals surface area (Å²) in [7, 11) is 0. The molecule has 0 spiro atoms. The molecule has 0 unspecified atom stereocenters. The summed E-state index contributed by atoms with van der Waals surface area (Å²) in [5.74, 6) is 3.21.